The molecule has 0 amide bonds. The Morgan fingerprint density at radius 3 is 2.89 bits per heavy atom. The van der Waals surface area contributed by atoms with Crippen LogP contribution in [0.4, 0.5) is 5.82 Å². The molecular formula is C16H23N3. The van der Waals surface area contributed by atoms with Gasteiger partial charge in [0, 0.05) is 18.8 Å². The van der Waals surface area contributed by atoms with Crippen LogP contribution in [0.25, 0.3) is 0 Å². The fourth-order valence-corrected chi connectivity index (χ4v) is 2.22. The van der Waals surface area contributed by atoms with Crippen molar-refractivity contribution in [3.8, 4) is 12.3 Å². The molecule has 0 bridgehead atoms. The predicted octanol–water partition coefficient (Wildman–Crippen LogP) is 2.35. The van der Waals surface area contributed by atoms with Gasteiger partial charge in [-0.1, -0.05) is 12.8 Å². The van der Waals surface area contributed by atoms with E-state index in [4.69, 9.17) is 6.42 Å². The van der Waals surface area contributed by atoms with E-state index in [0.717, 1.165) is 37.1 Å². The van der Waals surface area contributed by atoms with Crippen molar-refractivity contribution in [3.63, 3.8) is 0 Å². The molecule has 1 heterocycles. The van der Waals surface area contributed by atoms with Crippen LogP contribution in [-0.2, 0) is 6.54 Å². The van der Waals surface area contributed by atoms with E-state index in [2.05, 4.69) is 40.2 Å². The maximum absolute atomic E-state index is 5.49. The van der Waals surface area contributed by atoms with Crippen molar-refractivity contribution < 1.29 is 0 Å². The van der Waals surface area contributed by atoms with Gasteiger partial charge in [0.2, 0.25) is 0 Å². The van der Waals surface area contributed by atoms with Gasteiger partial charge in [-0.25, -0.2) is 4.98 Å². The number of terminal acetylenes is 1. The van der Waals surface area contributed by atoms with Crippen LogP contribution in [0.2, 0.25) is 0 Å². The topological polar surface area (TPSA) is 28.2 Å². The first-order chi connectivity index (χ1) is 9.22. The van der Waals surface area contributed by atoms with Crippen LogP contribution in [-0.4, -0.2) is 24.6 Å². The summed E-state index contributed by atoms with van der Waals surface area (Å²) in [4.78, 5) is 6.88. The van der Waals surface area contributed by atoms with E-state index in [1.165, 1.54) is 18.4 Å². The molecule has 0 aliphatic heterocycles. The molecule has 0 aromatic carbocycles. The quantitative estimate of drug-likeness (QED) is 0.760. The lowest BCUT2D eigenvalue weighted by atomic mass is 10.2. The molecule has 3 nitrogen and oxygen atoms in total. The Bertz CT molecular complexity index is 458. The summed E-state index contributed by atoms with van der Waals surface area (Å²) in [5.41, 5.74) is 2.34. The fourth-order valence-electron chi connectivity index (χ4n) is 2.22. The Balaban J connectivity index is 2.14. The van der Waals surface area contributed by atoms with Gasteiger partial charge < -0.3 is 10.2 Å². The molecule has 1 aliphatic carbocycles. The molecule has 1 aliphatic rings. The zero-order valence-corrected chi connectivity index (χ0v) is 11.9. The summed E-state index contributed by atoms with van der Waals surface area (Å²) in [5, 5.41) is 3.36. The molecule has 102 valence electrons. The van der Waals surface area contributed by atoms with E-state index in [1.807, 2.05) is 6.92 Å². The van der Waals surface area contributed by atoms with Gasteiger partial charge in [0.05, 0.1) is 6.54 Å². The largest absolute Gasteiger partial charge is 0.345 e. The first-order valence-corrected chi connectivity index (χ1v) is 7.09. The molecule has 1 N–H and O–H groups in total. The van der Waals surface area contributed by atoms with Crippen molar-refractivity contribution in [1.82, 2.24) is 10.3 Å². The summed E-state index contributed by atoms with van der Waals surface area (Å²) >= 11 is 0. The molecule has 0 atom stereocenters. The lowest BCUT2D eigenvalue weighted by Crippen LogP contribution is -2.27. The van der Waals surface area contributed by atoms with Gasteiger partial charge in [-0.3, -0.25) is 0 Å². The van der Waals surface area contributed by atoms with E-state index in [1.54, 1.807) is 0 Å². The molecule has 2 rings (SSSR count). The number of nitrogens with one attached hydrogen (secondary N) is 1. The monoisotopic (exact) mass is 257 g/mol. The summed E-state index contributed by atoms with van der Waals surface area (Å²) in [6.45, 7) is 7.72. The summed E-state index contributed by atoms with van der Waals surface area (Å²) in [5.74, 6) is 4.59. The summed E-state index contributed by atoms with van der Waals surface area (Å²) in [6.07, 6.45) is 8.15. The molecular weight excluding hydrogens is 234 g/mol. The standard InChI is InChI=1S/C16H23N3/c1-4-8-19(12-14-6-7-14)16-10-15(11-17-5-2)9-13(3)18-16/h1,9-10,14,17H,5-8,11-12H2,2-3H3. The SMILES string of the molecule is C#CCN(CC1CC1)c1cc(CNCC)cc(C)n1. The number of aryl methyl sites for hydroxylation is 1. The van der Waals surface area contributed by atoms with Gasteiger partial charge in [-0.15, -0.1) is 6.42 Å². The van der Waals surface area contributed by atoms with Crippen LogP contribution in [0, 0.1) is 25.2 Å². The Labute approximate surface area is 116 Å². The third-order valence-corrected chi connectivity index (χ3v) is 3.36. The first kappa shape index (κ1) is 13.9. The minimum absolute atomic E-state index is 0.646. The maximum Gasteiger partial charge on any atom is 0.129 e. The van der Waals surface area contributed by atoms with E-state index in [9.17, 15) is 0 Å². The van der Waals surface area contributed by atoms with Gasteiger partial charge in [-0.2, -0.15) is 0 Å². The van der Waals surface area contributed by atoms with Gasteiger partial charge in [-0.05, 0) is 49.9 Å². The van der Waals surface area contributed by atoms with Crippen molar-refractivity contribution in [2.24, 2.45) is 5.92 Å². The van der Waals surface area contributed by atoms with Crippen LogP contribution < -0.4 is 10.2 Å². The molecule has 0 spiro atoms. The third kappa shape index (κ3) is 4.25. The second kappa shape index (κ2) is 6.58. The molecule has 0 radical (unpaired) electrons. The number of pyridine rings is 1. The van der Waals surface area contributed by atoms with Crippen LogP contribution >= 0.6 is 0 Å². The maximum atomic E-state index is 5.49. The second-order valence-electron chi connectivity index (χ2n) is 5.28. The van der Waals surface area contributed by atoms with E-state index < -0.39 is 0 Å². The van der Waals surface area contributed by atoms with Crippen molar-refractivity contribution >= 4 is 5.82 Å². The highest BCUT2D eigenvalue weighted by atomic mass is 15.2. The van der Waals surface area contributed by atoms with Crippen LogP contribution in [0.1, 0.15) is 31.0 Å². The highest BCUT2D eigenvalue weighted by Crippen LogP contribution is 2.31. The van der Waals surface area contributed by atoms with Crippen molar-refractivity contribution in [2.45, 2.75) is 33.2 Å². The number of hydrogen-bond acceptors (Lipinski definition) is 3. The number of anilines is 1. The normalized spacial score (nSPS) is 14.2. The average molecular weight is 257 g/mol. The molecule has 3 heteroatoms. The van der Waals surface area contributed by atoms with Crippen molar-refractivity contribution in [1.29, 1.82) is 0 Å². The lowest BCUT2D eigenvalue weighted by Gasteiger charge is -2.22. The van der Waals surface area contributed by atoms with Crippen molar-refractivity contribution in [3.05, 3.63) is 23.4 Å². The second-order valence-corrected chi connectivity index (χ2v) is 5.28. The highest BCUT2D eigenvalue weighted by molar-refractivity contribution is 5.44. The lowest BCUT2D eigenvalue weighted by molar-refractivity contribution is 0.720. The number of rotatable bonds is 7. The minimum Gasteiger partial charge on any atom is -0.345 e. The van der Waals surface area contributed by atoms with Gasteiger partial charge >= 0.3 is 0 Å². The zero-order chi connectivity index (χ0) is 13.7. The summed E-state index contributed by atoms with van der Waals surface area (Å²) < 4.78 is 0. The Morgan fingerprint density at radius 1 is 1.47 bits per heavy atom. The average Bonchev–Trinajstić information content (AvgIpc) is 3.19. The molecule has 0 unspecified atom stereocenters. The predicted molar refractivity (Wildman–Crippen MR) is 80.1 cm³/mol. The Hall–Kier alpha value is -1.53. The zero-order valence-electron chi connectivity index (χ0n) is 11.9. The van der Waals surface area contributed by atoms with Gasteiger partial charge in [0.15, 0.2) is 0 Å². The first-order valence-electron chi connectivity index (χ1n) is 7.09. The van der Waals surface area contributed by atoms with Crippen LogP contribution in [0.5, 0.6) is 0 Å². The van der Waals surface area contributed by atoms with E-state index >= 15 is 0 Å². The van der Waals surface area contributed by atoms with E-state index in [-0.39, 0.29) is 0 Å². The molecule has 1 aromatic rings. The minimum atomic E-state index is 0.646. The third-order valence-electron chi connectivity index (χ3n) is 3.36. The number of nitrogens with zero attached hydrogens (tertiary/aromatic N) is 2. The highest BCUT2D eigenvalue weighted by Gasteiger charge is 2.24. The Kier molecular flexibility index (Phi) is 4.81. The fraction of sp³-hybridized carbons (Fsp3) is 0.562. The Morgan fingerprint density at radius 2 is 2.26 bits per heavy atom. The van der Waals surface area contributed by atoms with Crippen molar-refractivity contribution in [2.75, 3.05) is 24.5 Å². The number of hydrogen-bond donors (Lipinski definition) is 1. The molecule has 0 saturated heterocycles. The van der Waals surface area contributed by atoms with Gasteiger partial charge in [0.25, 0.3) is 0 Å². The smallest absolute Gasteiger partial charge is 0.129 e. The summed E-state index contributed by atoms with van der Waals surface area (Å²) in [7, 11) is 0. The van der Waals surface area contributed by atoms with Crippen LogP contribution in [0.15, 0.2) is 12.1 Å². The van der Waals surface area contributed by atoms with E-state index in [0.29, 0.717) is 6.54 Å². The molecule has 1 saturated carbocycles. The molecule has 1 fully saturated rings. The van der Waals surface area contributed by atoms with Gasteiger partial charge in [0.1, 0.15) is 5.82 Å². The molecule has 1 aromatic heterocycles. The summed E-state index contributed by atoms with van der Waals surface area (Å²) in [6, 6.07) is 4.30. The van der Waals surface area contributed by atoms with Crippen LogP contribution in [0.3, 0.4) is 0 Å². The molecule has 19 heavy (non-hydrogen) atoms. The number of aromatic nitrogens is 1.